The van der Waals surface area contributed by atoms with Crippen molar-refractivity contribution >= 4 is 12.0 Å². The number of amides is 2. The van der Waals surface area contributed by atoms with E-state index in [1.165, 1.54) is 0 Å². The minimum atomic E-state index is -0.945. The van der Waals surface area contributed by atoms with Gasteiger partial charge in [-0.1, -0.05) is 12.1 Å². The first kappa shape index (κ1) is 16.8. The molecule has 0 aromatic heterocycles. The number of carboxylic acids is 1. The van der Waals surface area contributed by atoms with Gasteiger partial charge in [0.1, 0.15) is 0 Å². The molecule has 130 valence electrons. The molecule has 2 saturated heterocycles. The van der Waals surface area contributed by atoms with Crippen LogP contribution in [0, 0.1) is 5.92 Å². The Bertz CT molecular complexity index is 573. The molecule has 0 radical (unpaired) electrons. The van der Waals surface area contributed by atoms with Crippen LogP contribution in [0.5, 0.6) is 0 Å². The van der Waals surface area contributed by atoms with Crippen molar-refractivity contribution < 1.29 is 19.4 Å². The van der Waals surface area contributed by atoms with Crippen LogP contribution in [-0.4, -0.2) is 47.8 Å². The summed E-state index contributed by atoms with van der Waals surface area (Å²) in [6, 6.07) is 6.51. The predicted octanol–water partition coefficient (Wildman–Crippen LogP) is 2.49. The van der Waals surface area contributed by atoms with Crippen molar-refractivity contribution in [2.24, 2.45) is 5.92 Å². The van der Waals surface area contributed by atoms with E-state index in [9.17, 15) is 9.59 Å². The summed E-state index contributed by atoms with van der Waals surface area (Å²) >= 11 is 0. The molecule has 1 aromatic rings. The minimum Gasteiger partial charge on any atom is -0.478 e. The van der Waals surface area contributed by atoms with Crippen LogP contribution in [0.25, 0.3) is 0 Å². The first-order chi connectivity index (χ1) is 11.6. The molecule has 2 amide bonds. The molecule has 2 aliphatic heterocycles. The fourth-order valence-electron chi connectivity index (χ4n) is 3.50. The Kier molecular flexibility index (Phi) is 5.35. The van der Waals surface area contributed by atoms with Crippen LogP contribution in [0.2, 0.25) is 0 Å². The summed E-state index contributed by atoms with van der Waals surface area (Å²) in [5.74, 6) is -0.361. The summed E-state index contributed by atoms with van der Waals surface area (Å²) < 4.78 is 5.76. The highest BCUT2D eigenvalue weighted by molar-refractivity contribution is 5.87. The Labute approximate surface area is 141 Å². The van der Waals surface area contributed by atoms with Gasteiger partial charge in [0.2, 0.25) is 0 Å². The number of hydrogen-bond acceptors (Lipinski definition) is 3. The topological polar surface area (TPSA) is 78.9 Å². The lowest BCUT2D eigenvalue weighted by atomic mass is 9.90. The lowest BCUT2D eigenvalue weighted by Gasteiger charge is -2.34. The van der Waals surface area contributed by atoms with Gasteiger partial charge in [0.15, 0.2) is 0 Å². The number of aromatic carboxylic acids is 1. The fraction of sp³-hybridized carbons (Fsp3) is 0.556. The summed E-state index contributed by atoms with van der Waals surface area (Å²) in [5.41, 5.74) is 1.14. The van der Waals surface area contributed by atoms with Crippen molar-refractivity contribution in [1.82, 2.24) is 10.2 Å². The second kappa shape index (κ2) is 7.66. The number of benzene rings is 1. The van der Waals surface area contributed by atoms with Crippen molar-refractivity contribution in [2.75, 3.05) is 19.7 Å². The van der Waals surface area contributed by atoms with E-state index in [0.29, 0.717) is 18.6 Å². The molecule has 24 heavy (non-hydrogen) atoms. The van der Waals surface area contributed by atoms with Gasteiger partial charge in [-0.25, -0.2) is 9.59 Å². The van der Waals surface area contributed by atoms with Crippen molar-refractivity contribution in [3.05, 3.63) is 35.4 Å². The van der Waals surface area contributed by atoms with Crippen LogP contribution in [-0.2, 0) is 11.3 Å². The third-order valence-corrected chi connectivity index (χ3v) is 4.96. The molecular weight excluding hydrogens is 308 g/mol. The van der Waals surface area contributed by atoms with Gasteiger partial charge in [-0.3, -0.25) is 0 Å². The van der Waals surface area contributed by atoms with Crippen LogP contribution in [0.1, 0.15) is 41.6 Å². The van der Waals surface area contributed by atoms with Crippen molar-refractivity contribution in [3.63, 3.8) is 0 Å². The summed E-state index contributed by atoms with van der Waals surface area (Å²) in [7, 11) is 0. The van der Waals surface area contributed by atoms with E-state index in [2.05, 4.69) is 5.32 Å². The molecule has 1 atom stereocenters. The average Bonchev–Trinajstić information content (AvgIpc) is 3.15. The summed E-state index contributed by atoms with van der Waals surface area (Å²) in [5, 5.41) is 11.8. The maximum absolute atomic E-state index is 12.3. The second-order valence-electron chi connectivity index (χ2n) is 6.54. The number of piperidine rings is 1. The quantitative estimate of drug-likeness (QED) is 0.888. The largest absolute Gasteiger partial charge is 0.478 e. The SMILES string of the molecule is O=C(O)c1ccc(CNC(=O)N2CCC(C3CCCO3)CC2)cc1. The molecular formula is C18H24N2O4. The Morgan fingerprint density at radius 3 is 2.46 bits per heavy atom. The van der Waals surface area contributed by atoms with E-state index in [-0.39, 0.29) is 11.6 Å². The highest BCUT2D eigenvalue weighted by atomic mass is 16.5. The monoisotopic (exact) mass is 332 g/mol. The minimum absolute atomic E-state index is 0.0527. The molecule has 2 fully saturated rings. The molecule has 3 rings (SSSR count). The van der Waals surface area contributed by atoms with Crippen LogP contribution in [0.4, 0.5) is 4.79 Å². The summed E-state index contributed by atoms with van der Waals surface area (Å²) in [6.07, 6.45) is 4.72. The molecule has 2 aliphatic rings. The number of carbonyl (C=O) groups excluding carboxylic acids is 1. The first-order valence-electron chi connectivity index (χ1n) is 8.60. The zero-order chi connectivity index (χ0) is 16.9. The highest BCUT2D eigenvalue weighted by Crippen LogP contribution is 2.28. The van der Waals surface area contributed by atoms with E-state index in [4.69, 9.17) is 9.84 Å². The normalized spacial score (nSPS) is 21.7. The molecule has 6 heteroatoms. The predicted molar refractivity (Wildman–Crippen MR) is 88.9 cm³/mol. The zero-order valence-corrected chi connectivity index (χ0v) is 13.7. The van der Waals surface area contributed by atoms with Gasteiger partial charge < -0.3 is 20.1 Å². The van der Waals surface area contributed by atoms with Crippen LogP contribution < -0.4 is 5.32 Å². The van der Waals surface area contributed by atoms with Gasteiger partial charge in [-0.05, 0) is 49.3 Å². The highest BCUT2D eigenvalue weighted by Gasteiger charge is 2.30. The molecule has 1 aromatic carbocycles. The molecule has 0 spiro atoms. The molecule has 0 saturated carbocycles. The standard InChI is InChI=1S/C18H24N2O4/c21-17(22)15-5-3-13(4-6-15)12-19-18(23)20-9-7-14(8-10-20)16-2-1-11-24-16/h3-6,14,16H,1-2,7-12H2,(H,19,23)(H,21,22). The lowest BCUT2D eigenvalue weighted by Crippen LogP contribution is -2.45. The third-order valence-electron chi connectivity index (χ3n) is 4.96. The lowest BCUT2D eigenvalue weighted by molar-refractivity contribution is 0.0372. The smallest absolute Gasteiger partial charge is 0.335 e. The number of urea groups is 1. The van der Waals surface area contributed by atoms with Gasteiger partial charge in [0, 0.05) is 26.2 Å². The Balaban J connectivity index is 1.43. The average molecular weight is 332 g/mol. The molecule has 2 heterocycles. The maximum atomic E-state index is 12.3. The van der Waals surface area contributed by atoms with Crippen LogP contribution in [0.15, 0.2) is 24.3 Å². The number of ether oxygens (including phenoxy) is 1. The van der Waals surface area contributed by atoms with E-state index in [0.717, 1.165) is 50.9 Å². The van der Waals surface area contributed by atoms with Crippen molar-refractivity contribution in [3.8, 4) is 0 Å². The van der Waals surface area contributed by atoms with Gasteiger partial charge in [-0.15, -0.1) is 0 Å². The Morgan fingerprint density at radius 2 is 1.88 bits per heavy atom. The van der Waals surface area contributed by atoms with E-state index in [1.807, 2.05) is 4.90 Å². The van der Waals surface area contributed by atoms with E-state index >= 15 is 0 Å². The Hall–Kier alpha value is -2.08. The van der Waals surface area contributed by atoms with Crippen molar-refractivity contribution in [1.29, 1.82) is 0 Å². The van der Waals surface area contributed by atoms with E-state index < -0.39 is 5.97 Å². The number of rotatable bonds is 4. The van der Waals surface area contributed by atoms with Crippen molar-refractivity contribution in [2.45, 2.75) is 38.3 Å². The van der Waals surface area contributed by atoms with Gasteiger partial charge in [0.25, 0.3) is 0 Å². The fourth-order valence-corrected chi connectivity index (χ4v) is 3.50. The second-order valence-corrected chi connectivity index (χ2v) is 6.54. The number of carbonyl (C=O) groups is 2. The summed E-state index contributed by atoms with van der Waals surface area (Å²) in [4.78, 5) is 24.9. The van der Waals surface area contributed by atoms with Gasteiger partial charge in [-0.2, -0.15) is 0 Å². The zero-order valence-electron chi connectivity index (χ0n) is 13.7. The van der Waals surface area contributed by atoms with Gasteiger partial charge in [0.05, 0.1) is 11.7 Å². The number of carboxylic acid groups (broad SMARTS) is 1. The maximum Gasteiger partial charge on any atom is 0.335 e. The number of nitrogens with one attached hydrogen (secondary N) is 1. The van der Waals surface area contributed by atoms with Crippen LogP contribution in [0.3, 0.4) is 0 Å². The third kappa shape index (κ3) is 4.06. The summed E-state index contributed by atoms with van der Waals surface area (Å²) in [6.45, 7) is 2.83. The molecule has 0 aliphatic carbocycles. The molecule has 0 bridgehead atoms. The Morgan fingerprint density at radius 1 is 1.17 bits per heavy atom. The molecule has 6 nitrogen and oxygen atoms in total. The first-order valence-corrected chi connectivity index (χ1v) is 8.60. The van der Waals surface area contributed by atoms with Crippen LogP contribution >= 0.6 is 0 Å². The number of likely N-dealkylation sites (tertiary alicyclic amines) is 1. The number of hydrogen-bond donors (Lipinski definition) is 2. The van der Waals surface area contributed by atoms with E-state index in [1.54, 1.807) is 24.3 Å². The number of nitrogens with zero attached hydrogens (tertiary/aromatic N) is 1. The van der Waals surface area contributed by atoms with Gasteiger partial charge >= 0.3 is 12.0 Å². The molecule has 2 N–H and O–H groups in total. The molecule has 1 unspecified atom stereocenters.